The van der Waals surface area contributed by atoms with Crippen molar-refractivity contribution >= 4 is 11.9 Å². The van der Waals surface area contributed by atoms with E-state index in [4.69, 9.17) is 4.74 Å². The molecule has 0 spiro atoms. The van der Waals surface area contributed by atoms with E-state index in [1.807, 2.05) is 0 Å². The molecule has 0 aromatic heterocycles. The molecule has 2 unspecified atom stereocenters. The number of hydrogen-bond donors (Lipinski definition) is 3. The Bertz CT molecular complexity index is 1090. The second kappa shape index (κ2) is 59.9. The lowest BCUT2D eigenvalue weighted by Gasteiger charge is -2.22. The summed E-state index contributed by atoms with van der Waals surface area (Å²) in [6, 6.07) is -0.554. The second-order valence-electron chi connectivity index (χ2n) is 21.7. The molecule has 0 aliphatic rings. The van der Waals surface area contributed by atoms with Crippen LogP contribution in [0.15, 0.2) is 24.3 Å². The summed E-state index contributed by atoms with van der Waals surface area (Å²) in [4.78, 5) is 24.6. The van der Waals surface area contributed by atoms with E-state index in [2.05, 4.69) is 43.5 Å². The molecule has 0 aromatic rings. The van der Waals surface area contributed by atoms with Gasteiger partial charge in [0.25, 0.3) is 0 Å². The van der Waals surface area contributed by atoms with Crippen LogP contribution in [0.4, 0.5) is 0 Å². The normalized spacial score (nSPS) is 12.7. The second-order valence-corrected chi connectivity index (χ2v) is 21.7. The molecule has 6 nitrogen and oxygen atoms in total. The van der Waals surface area contributed by atoms with Gasteiger partial charge in [-0.1, -0.05) is 295 Å². The van der Waals surface area contributed by atoms with E-state index in [-0.39, 0.29) is 18.5 Å². The monoisotopic (exact) mass is 986 g/mol. The quantitative estimate of drug-likeness (QED) is 0.0321. The third kappa shape index (κ3) is 55.7. The van der Waals surface area contributed by atoms with Crippen LogP contribution < -0.4 is 5.32 Å². The van der Waals surface area contributed by atoms with Gasteiger partial charge >= 0.3 is 5.97 Å². The first-order valence-electron chi connectivity index (χ1n) is 31.6. The molecule has 1 amide bonds. The van der Waals surface area contributed by atoms with Gasteiger partial charge in [-0.3, -0.25) is 9.59 Å². The molecule has 3 N–H and O–H groups in total. The number of amides is 1. The van der Waals surface area contributed by atoms with Crippen LogP contribution >= 0.6 is 0 Å². The van der Waals surface area contributed by atoms with Crippen molar-refractivity contribution in [3.05, 3.63) is 24.3 Å². The van der Waals surface area contributed by atoms with Crippen molar-refractivity contribution in [2.24, 2.45) is 0 Å². The van der Waals surface area contributed by atoms with Gasteiger partial charge in [0.1, 0.15) is 0 Å². The van der Waals surface area contributed by atoms with Crippen LogP contribution in [0, 0.1) is 0 Å². The molecule has 0 heterocycles. The lowest BCUT2D eigenvalue weighted by molar-refractivity contribution is -0.143. The molecular formula is C64H123NO5. The van der Waals surface area contributed by atoms with Crippen molar-refractivity contribution in [2.75, 3.05) is 13.2 Å². The zero-order valence-corrected chi connectivity index (χ0v) is 47.3. The number of hydrogen-bond acceptors (Lipinski definition) is 5. The SMILES string of the molecule is CCCCCCCCCCCCCCCCCCCCCCC(O)C(CO)NC(=O)CCCCCCCCC/C=C\C/C=C\CCCCCOC(=O)CCCCCCCCCCCCCCCCCC. The van der Waals surface area contributed by atoms with E-state index < -0.39 is 12.1 Å². The summed E-state index contributed by atoms with van der Waals surface area (Å²) in [6.07, 6.45) is 73.3. The van der Waals surface area contributed by atoms with Crippen LogP contribution in [0.25, 0.3) is 0 Å². The lowest BCUT2D eigenvalue weighted by atomic mass is 10.0. The summed E-state index contributed by atoms with van der Waals surface area (Å²) < 4.78 is 5.47. The fourth-order valence-corrected chi connectivity index (χ4v) is 9.91. The number of carbonyl (C=O) groups is 2. The summed E-state index contributed by atoms with van der Waals surface area (Å²) in [5.74, 6) is -0.0591. The van der Waals surface area contributed by atoms with Crippen LogP contribution in [0.1, 0.15) is 348 Å². The molecule has 6 heteroatoms. The number of nitrogens with one attached hydrogen (secondary N) is 1. The summed E-state index contributed by atoms with van der Waals surface area (Å²) in [5.41, 5.74) is 0. The van der Waals surface area contributed by atoms with Gasteiger partial charge in [-0.25, -0.2) is 0 Å². The highest BCUT2D eigenvalue weighted by Crippen LogP contribution is 2.18. The Kier molecular flexibility index (Phi) is 58.5. The molecule has 0 bridgehead atoms. The van der Waals surface area contributed by atoms with Gasteiger partial charge in [-0.2, -0.15) is 0 Å². The first-order valence-corrected chi connectivity index (χ1v) is 31.6. The summed E-state index contributed by atoms with van der Waals surface area (Å²) >= 11 is 0. The molecule has 0 fully saturated rings. The maximum atomic E-state index is 12.5. The Morgan fingerprint density at radius 3 is 1.09 bits per heavy atom. The van der Waals surface area contributed by atoms with Gasteiger partial charge in [-0.05, 0) is 64.2 Å². The molecule has 0 radical (unpaired) electrons. The van der Waals surface area contributed by atoms with Gasteiger partial charge in [0, 0.05) is 12.8 Å². The van der Waals surface area contributed by atoms with E-state index >= 15 is 0 Å². The van der Waals surface area contributed by atoms with Gasteiger partial charge < -0.3 is 20.3 Å². The van der Waals surface area contributed by atoms with Crippen molar-refractivity contribution < 1.29 is 24.5 Å². The predicted molar refractivity (Wildman–Crippen MR) is 306 cm³/mol. The molecule has 2 atom stereocenters. The highest BCUT2D eigenvalue weighted by Gasteiger charge is 2.20. The van der Waals surface area contributed by atoms with E-state index in [0.717, 1.165) is 83.5 Å². The number of aliphatic hydroxyl groups excluding tert-OH is 2. The molecular weight excluding hydrogens is 863 g/mol. The summed E-state index contributed by atoms with van der Waals surface area (Å²) in [5, 5.41) is 23.3. The van der Waals surface area contributed by atoms with Crippen molar-refractivity contribution in [3.63, 3.8) is 0 Å². The van der Waals surface area contributed by atoms with E-state index in [9.17, 15) is 19.8 Å². The standard InChI is InChI=1S/C64H123NO5/c1-3-5-7-9-11-13-15-17-19-21-22-23-25-28-32-36-40-44-48-52-56-62(67)61(60-66)65-63(68)57-53-49-45-41-37-33-29-26-24-27-31-35-39-43-47-51-55-59-70-64(69)58-54-50-46-42-38-34-30-20-18-16-14-12-10-8-6-4-2/h24,27,35,39,61-62,66-67H,3-23,25-26,28-34,36-38,40-60H2,1-2H3,(H,65,68)/b27-24-,39-35-. The molecule has 0 aromatic carbocycles. The molecule has 0 saturated carbocycles. The Morgan fingerprint density at radius 1 is 0.400 bits per heavy atom. The predicted octanol–water partition coefficient (Wildman–Crippen LogP) is 19.8. The smallest absolute Gasteiger partial charge is 0.305 e. The van der Waals surface area contributed by atoms with Crippen molar-refractivity contribution in [1.82, 2.24) is 5.32 Å². The Labute approximate surface area is 437 Å². The average molecular weight is 987 g/mol. The molecule has 70 heavy (non-hydrogen) atoms. The average Bonchev–Trinajstić information content (AvgIpc) is 3.36. The minimum Gasteiger partial charge on any atom is -0.466 e. The minimum absolute atomic E-state index is 0.0113. The minimum atomic E-state index is -0.675. The Balaban J connectivity index is 3.47. The van der Waals surface area contributed by atoms with Crippen LogP contribution in [-0.4, -0.2) is 47.4 Å². The first-order chi connectivity index (χ1) is 34.5. The van der Waals surface area contributed by atoms with E-state index in [1.54, 1.807) is 0 Å². The first kappa shape index (κ1) is 68.3. The highest BCUT2D eigenvalue weighted by atomic mass is 16.5. The third-order valence-corrected chi connectivity index (χ3v) is 14.8. The van der Waals surface area contributed by atoms with Crippen LogP contribution in [0.2, 0.25) is 0 Å². The number of rotatable bonds is 59. The van der Waals surface area contributed by atoms with Crippen LogP contribution in [0.5, 0.6) is 0 Å². The number of esters is 1. The van der Waals surface area contributed by atoms with E-state index in [0.29, 0.717) is 25.9 Å². The van der Waals surface area contributed by atoms with Crippen LogP contribution in [-0.2, 0) is 14.3 Å². The van der Waals surface area contributed by atoms with Crippen molar-refractivity contribution in [2.45, 2.75) is 360 Å². The van der Waals surface area contributed by atoms with Crippen LogP contribution in [0.3, 0.4) is 0 Å². The number of allylic oxidation sites excluding steroid dienone is 4. The number of ether oxygens (including phenoxy) is 1. The maximum absolute atomic E-state index is 12.5. The van der Waals surface area contributed by atoms with Gasteiger partial charge in [-0.15, -0.1) is 0 Å². The maximum Gasteiger partial charge on any atom is 0.305 e. The fraction of sp³-hybridized carbons (Fsp3) is 0.906. The number of carbonyl (C=O) groups excluding carboxylic acids is 2. The molecule has 0 aliphatic heterocycles. The Hall–Kier alpha value is -1.66. The molecule has 0 aliphatic carbocycles. The van der Waals surface area contributed by atoms with E-state index in [1.165, 1.54) is 231 Å². The topological polar surface area (TPSA) is 95.9 Å². The molecule has 0 saturated heterocycles. The summed E-state index contributed by atoms with van der Waals surface area (Å²) in [7, 11) is 0. The van der Waals surface area contributed by atoms with Crippen molar-refractivity contribution in [1.29, 1.82) is 0 Å². The number of unbranched alkanes of at least 4 members (excludes halogenated alkanes) is 44. The lowest BCUT2D eigenvalue weighted by Crippen LogP contribution is -2.45. The molecule has 0 rings (SSSR count). The van der Waals surface area contributed by atoms with Gasteiger partial charge in [0.2, 0.25) is 5.91 Å². The van der Waals surface area contributed by atoms with Crippen molar-refractivity contribution in [3.8, 4) is 0 Å². The van der Waals surface area contributed by atoms with Gasteiger partial charge in [0.15, 0.2) is 0 Å². The number of aliphatic hydroxyl groups is 2. The Morgan fingerprint density at radius 2 is 0.714 bits per heavy atom. The highest BCUT2D eigenvalue weighted by molar-refractivity contribution is 5.76. The summed E-state index contributed by atoms with van der Waals surface area (Å²) in [6.45, 7) is 4.94. The third-order valence-electron chi connectivity index (χ3n) is 14.8. The van der Waals surface area contributed by atoms with Gasteiger partial charge in [0.05, 0.1) is 25.4 Å². The molecule has 414 valence electrons. The fourth-order valence-electron chi connectivity index (χ4n) is 9.91. The largest absolute Gasteiger partial charge is 0.466 e. The zero-order valence-electron chi connectivity index (χ0n) is 47.3. The zero-order chi connectivity index (χ0) is 50.7.